The van der Waals surface area contributed by atoms with Crippen LogP contribution in [0.25, 0.3) is 0 Å². The first kappa shape index (κ1) is 21.1. The maximum atomic E-state index is 6.34. The Balaban J connectivity index is 1.23. The van der Waals surface area contributed by atoms with Crippen molar-refractivity contribution in [1.82, 2.24) is 20.2 Å². The first-order valence-corrected chi connectivity index (χ1v) is 13.5. The fourth-order valence-electron chi connectivity index (χ4n) is 7.53. The number of nitrogens with zero attached hydrogens (tertiary/aromatic N) is 4. The lowest BCUT2D eigenvalue weighted by atomic mass is 9.69. The molecule has 6 nitrogen and oxygen atoms in total. The zero-order valence-electron chi connectivity index (χ0n) is 20.4. The largest absolute Gasteiger partial charge is 0.462 e. The molecule has 1 aromatic carbocycles. The van der Waals surface area contributed by atoms with E-state index in [-0.39, 0.29) is 5.41 Å². The van der Waals surface area contributed by atoms with Crippen LogP contribution in [0.15, 0.2) is 24.3 Å². The van der Waals surface area contributed by atoms with Crippen LogP contribution in [0.1, 0.15) is 60.9 Å². The molecule has 2 aromatic rings. The molecule has 3 unspecified atom stereocenters. The molecule has 7 rings (SSSR count). The Labute approximate surface area is 203 Å². The molecule has 4 atom stereocenters. The second-order valence-corrected chi connectivity index (χ2v) is 11.5. The van der Waals surface area contributed by atoms with Gasteiger partial charge in [-0.05, 0) is 82.5 Å². The summed E-state index contributed by atoms with van der Waals surface area (Å²) in [6, 6.07) is 11.4. The Bertz CT molecular complexity index is 1080. The van der Waals surface area contributed by atoms with E-state index < -0.39 is 0 Å². The lowest BCUT2D eigenvalue weighted by molar-refractivity contribution is 0.186. The highest BCUT2D eigenvalue weighted by atomic mass is 16.5. The summed E-state index contributed by atoms with van der Waals surface area (Å²) in [5.41, 5.74) is 5.98. The molecule has 4 heterocycles. The van der Waals surface area contributed by atoms with Crippen molar-refractivity contribution in [2.75, 3.05) is 38.2 Å². The molecule has 0 saturated carbocycles. The summed E-state index contributed by atoms with van der Waals surface area (Å²) in [6.45, 7) is 3.96. The molecule has 1 spiro atoms. The van der Waals surface area contributed by atoms with E-state index in [4.69, 9.17) is 14.7 Å². The number of nitrogens with one attached hydrogen (secondary N) is 1. The Morgan fingerprint density at radius 3 is 2.71 bits per heavy atom. The number of ether oxygens (including phenoxy) is 1. The predicted molar refractivity (Wildman–Crippen MR) is 134 cm³/mol. The number of benzene rings is 1. The van der Waals surface area contributed by atoms with Gasteiger partial charge in [-0.15, -0.1) is 0 Å². The van der Waals surface area contributed by atoms with Gasteiger partial charge in [0.05, 0.1) is 5.69 Å². The van der Waals surface area contributed by atoms with Gasteiger partial charge in [0.25, 0.3) is 0 Å². The Morgan fingerprint density at radius 1 is 1.06 bits per heavy atom. The molecule has 2 bridgehead atoms. The fourth-order valence-corrected chi connectivity index (χ4v) is 7.53. The quantitative estimate of drug-likeness (QED) is 0.758. The van der Waals surface area contributed by atoms with Gasteiger partial charge < -0.3 is 19.9 Å². The van der Waals surface area contributed by atoms with Crippen molar-refractivity contribution in [1.29, 1.82) is 0 Å². The van der Waals surface area contributed by atoms with E-state index in [1.165, 1.54) is 62.0 Å². The van der Waals surface area contributed by atoms with Crippen LogP contribution in [-0.2, 0) is 24.7 Å². The lowest BCUT2D eigenvalue weighted by Crippen LogP contribution is -2.52. The van der Waals surface area contributed by atoms with Crippen molar-refractivity contribution in [3.63, 3.8) is 0 Å². The molecule has 1 N–H and O–H groups in total. The van der Waals surface area contributed by atoms with Crippen LogP contribution < -0.4 is 15.0 Å². The van der Waals surface area contributed by atoms with E-state index >= 15 is 0 Å². The van der Waals surface area contributed by atoms with Gasteiger partial charge >= 0.3 is 6.01 Å². The number of likely N-dealkylation sites (N-methyl/N-ethyl adjacent to an activating group) is 1. The van der Waals surface area contributed by atoms with Crippen molar-refractivity contribution < 1.29 is 4.74 Å². The van der Waals surface area contributed by atoms with Crippen LogP contribution >= 0.6 is 0 Å². The highest BCUT2D eigenvalue weighted by molar-refractivity contribution is 5.54. The SMILES string of the molecule is CN1CCC[C@H]1COc1nc2c(c(N3CC4CCC(C3)N4)n1)CCC1(CCc3ccccc31)C2. The normalized spacial score (nSPS) is 32.3. The van der Waals surface area contributed by atoms with Crippen molar-refractivity contribution in [3.8, 4) is 6.01 Å². The molecule has 180 valence electrons. The van der Waals surface area contributed by atoms with E-state index in [0.717, 1.165) is 32.5 Å². The molecular weight excluding hydrogens is 422 g/mol. The molecular formula is C28H37N5O. The maximum Gasteiger partial charge on any atom is 0.318 e. The molecule has 2 aliphatic carbocycles. The van der Waals surface area contributed by atoms with Gasteiger partial charge in [-0.1, -0.05) is 24.3 Å². The summed E-state index contributed by atoms with van der Waals surface area (Å²) < 4.78 is 6.34. The van der Waals surface area contributed by atoms with E-state index in [1.54, 1.807) is 11.1 Å². The number of aromatic nitrogens is 2. The second-order valence-electron chi connectivity index (χ2n) is 11.5. The van der Waals surface area contributed by atoms with E-state index in [2.05, 4.69) is 46.4 Å². The molecule has 6 heteroatoms. The molecule has 34 heavy (non-hydrogen) atoms. The van der Waals surface area contributed by atoms with Gasteiger partial charge in [0.2, 0.25) is 0 Å². The second kappa shape index (κ2) is 8.20. The minimum Gasteiger partial charge on any atom is -0.462 e. The number of likely N-dealkylation sites (tertiary alicyclic amines) is 1. The van der Waals surface area contributed by atoms with E-state index in [1.807, 2.05) is 0 Å². The molecule has 3 saturated heterocycles. The van der Waals surface area contributed by atoms with Gasteiger partial charge in [-0.2, -0.15) is 9.97 Å². The predicted octanol–water partition coefficient (Wildman–Crippen LogP) is 3.26. The fraction of sp³-hybridized carbons (Fsp3) is 0.643. The monoisotopic (exact) mass is 459 g/mol. The molecule has 5 aliphatic rings. The van der Waals surface area contributed by atoms with Crippen molar-refractivity contribution in [3.05, 3.63) is 46.6 Å². The van der Waals surface area contributed by atoms with Crippen molar-refractivity contribution in [2.24, 2.45) is 0 Å². The summed E-state index contributed by atoms with van der Waals surface area (Å²) in [5, 5.41) is 3.78. The number of anilines is 1. The molecule has 3 fully saturated rings. The summed E-state index contributed by atoms with van der Waals surface area (Å²) in [7, 11) is 2.21. The topological polar surface area (TPSA) is 53.5 Å². The Kier molecular flexibility index (Phi) is 5.09. The average molecular weight is 460 g/mol. The smallest absolute Gasteiger partial charge is 0.318 e. The Hall–Kier alpha value is -2.18. The van der Waals surface area contributed by atoms with Crippen LogP contribution in [0.4, 0.5) is 5.82 Å². The van der Waals surface area contributed by atoms with Crippen LogP contribution in [0.5, 0.6) is 6.01 Å². The number of fused-ring (bicyclic) bond motifs is 5. The van der Waals surface area contributed by atoms with E-state index in [9.17, 15) is 0 Å². The van der Waals surface area contributed by atoms with Gasteiger partial charge in [0.1, 0.15) is 12.4 Å². The van der Waals surface area contributed by atoms with Crippen LogP contribution in [-0.4, -0.2) is 66.3 Å². The molecule has 0 radical (unpaired) electrons. The highest BCUT2D eigenvalue weighted by Crippen LogP contribution is 2.48. The third kappa shape index (κ3) is 3.53. The maximum absolute atomic E-state index is 6.34. The number of hydrogen-bond donors (Lipinski definition) is 1. The first-order chi connectivity index (χ1) is 16.7. The molecule has 0 amide bonds. The summed E-state index contributed by atoms with van der Waals surface area (Å²) in [5.74, 6) is 1.17. The molecule has 1 aromatic heterocycles. The third-order valence-electron chi connectivity index (χ3n) is 9.46. The van der Waals surface area contributed by atoms with Crippen molar-refractivity contribution >= 4 is 5.82 Å². The summed E-state index contributed by atoms with van der Waals surface area (Å²) in [4.78, 5) is 15.2. The Morgan fingerprint density at radius 2 is 1.88 bits per heavy atom. The number of piperazine rings is 1. The number of rotatable bonds is 4. The minimum atomic E-state index is 0.237. The average Bonchev–Trinajstić information content (AvgIpc) is 3.54. The third-order valence-corrected chi connectivity index (χ3v) is 9.46. The van der Waals surface area contributed by atoms with Crippen LogP contribution in [0, 0.1) is 0 Å². The zero-order valence-corrected chi connectivity index (χ0v) is 20.4. The first-order valence-electron chi connectivity index (χ1n) is 13.5. The highest BCUT2D eigenvalue weighted by Gasteiger charge is 2.43. The molecule has 3 aliphatic heterocycles. The number of aryl methyl sites for hydroxylation is 1. The lowest BCUT2D eigenvalue weighted by Gasteiger charge is -2.39. The number of hydrogen-bond acceptors (Lipinski definition) is 6. The van der Waals surface area contributed by atoms with Crippen molar-refractivity contribution in [2.45, 2.75) is 81.3 Å². The van der Waals surface area contributed by atoms with Gasteiger partial charge in [0.15, 0.2) is 0 Å². The minimum absolute atomic E-state index is 0.237. The summed E-state index contributed by atoms with van der Waals surface area (Å²) in [6.07, 6.45) is 10.8. The van der Waals surface area contributed by atoms with Crippen LogP contribution in [0.2, 0.25) is 0 Å². The van der Waals surface area contributed by atoms with Crippen LogP contribution in [0.3, 0.4) is 0 Å². The zero-order chi connectivity index (χ0) is 22.7. The van der Waals surface area contributed by atoms with E-state index in [0.29, 0.717) is 30.7 Å². The van der Waals surface area contributed by atoms with Gasteiger partial charge in [-0.25, -0.2) is 0 Å². The van der Waals surface area contributed by atoms with Gasteiger partial charge in [-0.3, -0.25) is 0 Å². The standard InChI is InChI=1S/C28H37N5O/c1-32-14-4-6-22(32)18-34-27-30-25-15-28(12-10-19-5-2-3-7-24(19)28)13-11-23(25)26(31-27)33-16-20-8-9-21(17-33)29-20/h2-3,5,7,20-22,29H,4,6,8-18H2,1H3/t20?,21?,22-,28?/m0/s1. The summed E-state index contributed by atoms with van der Waals surface area (Å²) >= 11 is 0. The van der Waals surface area contributed by atoms with Gasteiger partial charge in [0, 0.05) is 42.2 Å².